The number of hydrogen-bond acceptors (Lipinski definition) is 6. The number of hydrogen-bond donors (Lipinski definition) is 5. The van der Waals surface area contributed by atoms with Crippen LogP contribution in [0.1, 0.15) is 52.5 Å². The van der Waals surface area contributed by atoms with Crippen LogP contribution in [0.4, 0.5) is 0 Å². The Morgan fingerprint density at radius 1 is 1.15 bits per heavy atom. The monoisotopic (exact) mass is 458 g/mol. The second-order valence-electron chi connectivity index (χ2n) is 9.74. The highest BCUT2D eigenvalue weighted by Gasteiger charge is 2.54. The summed E-state index contributed by atoms with van der Waals surface area (Å²) in [5.74, 6) is 2.07. The van der Waals surface area contributed by atoms with Gasteiger partial charge in [-0.2, -0.15) is 0 Å². The predicted octanol–water partition coefficient (Wildman–Crippen LogP) is 2.44. The van der Waals surface area contributed by atoms with Crippen molar-refractivity contribution in [1.82, 2.24) is 16.2 Å². The first-order valence-electron chi connectivity index (χ1n) is 11.6. The van der Waals surface area contributed by atoms with Gasteiger partial charge in [-0.1, -0.05) is 70.2 Å². The van der Waals surface area contributed by atoms with Crippen molar-refractivity contribution in [2.24, 2.45) is 34.9 Å². The zero-order chi connectivity index (χ0) is 24.6. The van der Waals surface area contributed by atoms with Crippen molar-refractivity contribution in [1.29, 1.82) is 0 Å². The van der Waals surface area contributed by atoms with E-state index in [0.717, 1.165) is 5.56 Å². The first-order valence-corrected chi connectivity index (χ1v) is 11.6. The number of nitrogens with one attached hydrogen (secondary N) is 3. The van der Waals surface area contributed by atoms with Crippen LogP contribution < -0.4 is 22.1 Å². The van der Waals surface area contributed by atoms with E-state index in [-0.39, 0.29) is 17.6 Å². The molecule has 1 saturated heterocycles. The molecule has 2 amide bonds. The molecule has 0 spiro atoms. The van der Waals surface area contributed by atoms with Crippen molar-refractivity contribution >= 4 is 23.7 Å². The lowest BCUT2D eigenvalue weighted by Crippen LogP contribution is -2.60. The molecule has 1 aliphatic rings. The molecule has 6 N–H and O–H groups in total. The van der Waals surface area contributed by atoms with E-state index in [1.54, 1.807) is 11.6 Å². The molecule has 0 aromatic heterocycles. The summed E-state index contributed by atoms with van der Waals surface area (Å²) in [4.78, 5) is 40.2. The van der Waals surface area contributed by atoms with E-state index in [4.69, 9.17) is 5.84 Å². The molecule has 1 heterocycles. The largest absolute Gasteiger partial charge is 0.307 e. The van der Waals surface area contributed by atoms with Gasteiger partial charge in [-0.15, -0.1) is 0 Å². The Kier molecular flexibility index (Phi) is 9.76. The quantitative estimate of drug-likeness (QED) is 0.141. The minimum absolute atomic E-state index is 0.0316. The third-order valence-electron chi connectivity index (χ3n) is 6.27. The standard InChI is InChI=1S/C25H38N4O4/c1-16(2)14-19(23(31)28-26)21(24(32)29-33)25(15-17(3)4,22(30)20-11-13-27-20)12-10-18-8-6-5-7-9-18/h5-10,12,16-17,19-21,27,33H,11,13-15,26H2,1-4H3,(H,28,31)(H,29,32)/b12-10+/t19-,20?,21-,25?/m1/s1. The van der Waals surface area contributed by atoms with Crippen molar-refractivity contribution in [3.05, 3.63) is 42.0 Å². The Bertz CT molecular complexity index is 836. The lowest BCUT2D eigenvalue weighted by atomic mass is 9.59. The van der Waals surface area contributed by atoms with Gasteiger partial charge in [0, 0.05) is 0 Å². The van der Waals surface area contributed by atoms with E-state index in [0.29, 0.717) is 25.8 Å². The molecule has 1 fully saturated rings. The molecule has 182 valence electrons. The molecule has 0 aliphatic carbocycles. The predicted molar refractivity (Wildman–Crippen MR) is 127 cm³/mol. The van der Waals surface area contributed by atoms with Gasteiger partial charge >= 0.3 is 0 Å². The van der Waals surface area contributed by atoms with E-state index in [9.17, 15) is 19.6 Å². The summed E-state index contributed by atoms with van der Waals surface area (Å²) in [6.07, 6.45) is 4.90. The zero-order valence-electron chi connectivity index (χ0n) is 20.0. The van der Waals surface area contributed by atoms with E-state index >= 15 is 0 Å². The normalized spacial score (nSPS) is 19.6. The van der Waals surface area contributed by atoms with Crippen LogP contribution in [0.25, 0.3) is 6.08 Å². The maximum absolute atomic E-state index is 14.0. The Balaban J connectivity index is 2.76. The number of Topliss-reactive ketones (excluding diaryl/α,β-unsaturated/α-hetero) is 1. The minimum Gasteiger partial charge on any atom is -0.307 e. The molecule has 0 saturated carbocycles. The van der Waals surface area contributed by atoms with Gasteiger partial charge < -0.3 is 5.32 Å². The number of hydrazine groups is 1. The summed E-state index contributed by atoms with van der Waals surface area (Å²) in [6, 6.07) is 9.07. The average Bonchev–Trinajstić information content (AvgIpc) is 2.74. The molecule has 4 atom stereocenters. The molecule has 2 unspecified atom stereocenters. The van der Waals surface area contributed by atoms with Crippen molar-refractivity contribution in [2.45, 2.75) is 53.0 Å². The fourth-order valence-electron chi connectivity index (χ4n) is 4.81. The molecule has 0 bridgehead atoms. The highest BCUT2D eigenvalue weighted by atomic mass is 16.5. The van der Waals surface area contributed by atoms with Gasteiger partial charge in [-0.05, 0) is 43.2 Å². The molecule has 8 heteroatoms. The Morgan fingerprint density at radius 2 is 1.79 bits per heavy atom. The Labute approximate surface area is 196 Å². The van der Waals surface area contributed by atoms with Crippen LogP contribution in [0.15, 0.2) is 36.4 Å². The molecule has 2 rings (SSSR count). The van der Waals surface area contributed by atoms with Crippen molar-refractivity contribution in [3.8, 4) is 0 Å². The Morgan fingerprint density at radius 3 is 2.24 bits per heavy atom. The number of benzene rings is 1. The number of carbonyl (C=O) groups excluding carboxylic acids is 3. The van der Waals surface area contributed by atoms with Gasteiger partial charge in [0.05, 0.1) is 23.3 Å². The zero-order valence-corrected chi connectivity index (χ0v) is 20.0. The molecule has 1 aromatic rings. The van der Waals surface area contributed by atoms with Gasteiger partial charge in [0.1, 0.15) is 0 Å². The number of rotatable bonds is 12. The molecule has 33 heavy (non-hydrogen) atoms. The number of carbonyl (C=O) groups is 3. The van der Waals surface area contributed by atoms with Crippen LogP contribution in [0.2, 0.25) is 0 Å². The van der Waals surface area contributed by atoms with Gasteiger partial charge in [0.25, 0.3) is 0 Å². The third kappa shape index (κ3) is 6.50. The first kappa shape index (κ1) is 26.7. The number of allylic oxidation sites excluding steroid dienone is 1. The van der Waals surface area contributed by atoms with Crippen LogP contribution in [0.3, 0.4) is 0 Å². The fraction of sp³-hybridized carbons (Fsp3) is 0.560. The van der Waals surface area contributed by atoms with E-state index < -0.39 is 35.1 Å². The first-order chi connectivity index (χ1) is 15.7. The third-order valence-corrected chi connectivity index (χ3v) is 6.27. The van der Waals surface area contributed by atoms with Crippen LogP contribution >= 0.6 is 0 Å². The van der Waals surface area contributed by atoms with Gasteiger partial charge in [-0.25, -0.2) is 11.3 Å². The van der Waals surface area contributed by atoms with Crippen molar-refractivity contribution < 1.29 is 19.6 Å². The van der Waals surface area contributed by atoms with E-state index in [2.05, 4.69) is 10.7 Å². The highest BCUT2D eigenvalue weighted by molar-refractivity contribution is 5.99. The maximum atomic E-state index is 14.0. The van der Waals surface area contributed by atoms with Crippen LogP contribution in [-0.4, -0.2) is 35.4 Å². The molecule has 1 aromatic carbocycles. The van der Waals surface area contributed by atoms with Gasteiger partial charge in [0.15, 0.2) is 5.78 Å². The minimum atomic E-state index is -1.33. The van der Waals surface area contributed by atoms with Crippen LogP contribution in [-0.2, 0) is 14.4 Å². The summed E-state index contributed by atoms with van der Waals surface area (Å²) in [7, 11) is 0. The summed E-state index contributed by atoms with van der Waals surface area (Å²) in [6.45, 7) is 8.53. The molecule has 0 radical (unpaired) electrons. The summed E-state index contributed by atoms with van der Waals surface area (Å²) in [5.41, 5.74) is 3.45. The average molecular weight is 459 g/mol. The van der Waals surface area contributed by atoms with Crippen molar-refractivity contribution in [3.63, 3.8) is 0 Å². The van der Waals surface area contributed by atoms with Crippen LogP contribution in [0, 0.1) is 29.1 Å². The summed E-state index contributed by atoms with van der Waals surface area (Å²) < 4.78 is 0. The molecular weight excluding hydrogens is 420 g/mol. The van der Waals surface area contributed by atoms with E-state index in [1.165, 1.54) is 0 Å². The second-order valence-corrected chi connectivity index (χ2v) is 9.74. The molecule has 8 nitrogen and oxygen atoms in total. The smallest absolute Gasteiger partial charge is 0.248 e. The topological polar surface area (TPSA) is 134 Å². The number of hydroxylamine groups is 1. The Hall–Kier alpha value is -2.55. The SMILES string of the molecule is CC(C)C[C@@H](C(=O)NN)[C@H](C(=O)NO)C(/C=C/c1ccccc1)(CC(C)C)C(=O)C1CCN1. The van der Waals surface area contributed by atoms with Gasteiger partial charge in [0.2, 0.25) is 11.8 Å². The second kappa shape index (κ2) is 12.1. The lowest BCUT2D eigenvalue weighted by molar-refractivity contribution is -0.152. The van der Waals surface area contributed by atoms with Crippen LogP contribution in [0.5, 0.6) is 0 Å². The van der Waals surface area contributed by atoms with Crippen molar-refractivity contribution in [2.75, 3.05) is 6.54 Å². The summed E-state index contributed by atoms with van der Waals surface area (Å²) >= 11 is 0. The number of ketones is 1. The van der Waals surface area contributed by atoms with Gasteiger partial charge in [-0.3, -0.25) is 25.0 Å². The maximum Gasteiger partial charge on any atom is 0.248 e. The lowest BCUT2D eigenvalue weighted by Gasteiger charge is -2.44. The number of nitrogens with two attached hydrogens (primary N) is 1. The fourth-order valence-corrected chi connectivity index (χ4v) is 4.81. The summed E-state index contributed by atoms with van der Waals surface area (Å²) in [5, 5.41) is 12.9. The van der Waals surface area contributed by atoms with E-state index in [1.807, 2.05) is 64.1 Å². The molecular formula is C25H38N4O4. The molecule has 1 aliphatic heterocycles. The highest BCUT2D eigenvalue weighted by Crippen LogP contribution is 2.45. The number of amides is 2.